The van der Waals surface area contributed by atoms with Crippen molar-refractivity contribution >= 4 is 23.8 Å². The van der Waals surface area contributed by atoms with Gasteiger partial charge >= 0.3 is 11.9 Å². The highest BCUT2D eigenvalue weighted by molar-refractivity contribution is 5.81. The van der Waals surface area contributed by atoms with Crippen LogP contribution < -0.4 is 11.5 Å². The molecule has 0 atom stereocenters. The first-order valence-corrected chi connectivity index (χ1v) is 4.26. The molecule has 0 saturated carbocycles. The molecular weight excluding hydrogens is 220 g/mol. The Kier molecular flexibility index (Phi) is 9.62. The van der Waals surface area contributed by atoms with Crippen molar-refractivity contribution in [2.24, 2.45) is 11.5 Å². The molecule has 0 bridgehead atoms. The lowest BCUT2D eigenvalue weighted by Gasteiger charge is -1.87. The Morgan fingerprint density at radius 1 is 0.688 bits per heavy atom. The van der Waals surface area contributed by atoms with Crippen LogP contribution >= 0.6 is 0 Å². The number of hydrogen-bond donors (Lipinski definition) is 4. The Morgan fingerprint density at radius 3 is 1.06 bits per heavy atom. The molecule has 0 aromatic heterocycles. The predicted molar refractivity (Wildman–Crippen MR) is 52.1 cm³/mol. The first kappa shape index (κ1) is 16.3. The second kappa shape index (κ2) is 9.44. The van der Waals surface area contributed by atoms with E-state index in [0.717, 1.165) is 0 Å². The summed E-state index contributed by atoms with van der Waals surface area (Å²) in [4.78, 5) is 39.1. The summed E-state index contributed by atoms with van der Waals surface area (Å²) in [6.07, 6.45) is -0.491. The SMILES string of the molecule is NC(=O)CCC(N)=O.O=C(O)CCC(=O)O. The van der Waals surface area contributed by atoms with Gasteiger partial charge in [-0.3, -0.25) is 19.2 Å². The lowest BCUT2D eigenvalue weighted by atomic mass is 10.3. The minimum atomic E-state index is -1.08. The van der Waals surface area contributed by atoms with Crippen LogP contribution in [0.15, 0.2) is 0 Å². The lowest BCUT2D eigenvalue weighted by molar-refractivity contribution is -0.143. The van der Waals surface area contributed by atoms with E-state index in [2.05, 4.69) is 0 Å². The third-order valence-corrected chi connectivity index (χ3v) is 1.17. The van der Waals surface area contributed by atoms with E-state index in [1.54, 1.807) is 0 Å². The van der Waals surface area contributed by atoms with Crippen LogP contribution in [0.2, 0.25) is 0 Å². The zero-order chi connectivity index (χ0) is 13.1. The van der Waals surface area contributed by atoms with Crippen LogP contribution in [0.25, 0.3) is 0 Å². The van der Waals surface area contributed by atoms with Crippen molar-refractivity contribution in [1.82, 2.24) is 0 Å². The summed E-state index contributed by atoms with van der Waals surface area (Å²) in [6, 6.07) is 0. The highest BCUT2D eigenvalue weighted by atomic mass is 16.4. The fourth-order valence-corrected chi connectivity index (χ4v) is 0.460. The van der Waals surface area contributed by atoms with E-state index < -0.39 is 23.8 Å². The van der Waals surface area contributed by atoms with Crippen molar-refractivity contribution in [1.29, 1.82) is 0 Å². The average molecular weight is 234 g/mol. The molecular formula is C8H14N2O6. The molecule has 0 rings (SSSR count). The maximum absolute atomic E-state index is 9.92. The summed E-state index contributed by atoms with van der Waals surface area (Å²) in [5.41, 5.74) is 9.39. The van der Waals surface area contributed by atoms with Crippen LogP contribution in [-0.4, -0.2) is 34.0 Å². The van der Waals surface area contributed by atoms with Gasteiger partial charge in [0.2, 0.25) is 11.8 Å². The van der Waals surface area contributed by atoms with E-state index in [1.807, 2.05) is 0 Å². The van der Waals surface area contributed by atoms with Crippen LogP contribution in [-0.2, 0) is 19.2 Å². The molecule has 0 aliphatic carbocycles. The topological polar surface area (TPSA) is 161 Å². The number of nitrogens with two attached hydrogens (primary N) is 2. The zero-order valence-corrected chi connectivity index (χ0v) is 8.51. The molecule has 2 amide bonds. The summed E-state index contributed by atoms with van der Waals surface area (Å²) < 4.78 is 0. The Balaban J connectivity index is 0. The van der Waals surface area contributed by atoms with Crippen molar-refractivity contribution in [2.45, 2.75) is 25.7 Å². The van der Waals surface area contributed by atoms with Crippen LogP contribution in [0, 0.1) is 0 Å². The maximum atomic E-state index is 9.92. The van der Waals surface area contributed by atoms with Gasteiger partial charge in [0.15, 0.2) is 0 Å². The quantitative estimate of drug-likeness (QED) is 0.445. The summed E-state index contributed by atoms with van der Waals surface area (Å²) in [6.45, 7) is 0. The monoisotopic (exact) mass is 234 g/mol. The van der Waals surface area contributed by atoms with E-state index in [9.17, 15) is 19.2 Å². The lowest BCUT2D eigenvalue weighted by Crippen LogP contribution is -2.16. The summed E-state index contributed by atoms with van der Waals surface area (Å²) in [5, 5.41) is 15.8. The van der Waals surface area contributed by atoms with Gasteiger partial charge in [0.1, 0.15) is 0 Å². The van der Waals surface area contributed by atoms with Gasteiger partial charge in [-0.15, -0.1) is 0 Å². The molecule has 0 aromatic carbocycles. The smallest absolute Gasteiger partial charge is 0.303 e. The number of hydrogen-bond acceptors (Lipinski definition) is 4. The van der Waals surface area contributed by atoms with E-state index in [0.29, 0.717) is 0 Å². The summed E-state index contributed by atoms with van der Waals surface area (Å²) in [5.74, 6) is -3.15. The van der Waals surface area contributed by atoms with Gasteiger partial charge in [0.05, 0.1) is 12.8 Å². The Hall–Kier alpha value is -2.12. The summed E-state index contributed by atoms with van der Waals surface area (Å²) in [7, 11) is 0. The molecule has 6 N–H and O–H groups in total. The molecule has 8 heteroatoms. The molecule has 0 heterocycles. The first-order chi connectivity index (χ1) is 7.25. The van der Waals surface area contributed by atoms with Gasteiger partial charge in [-0.25, -0.2) is 0 Å². The highest BCUT2D eigenvalue weighted by Crippen LogP contribution is 1.86. The molecule has 16 heavy (non-hydrogen) atoms. The van der Waals surface area contributed by atoms with Crippen LogP contribution in [0.1, 0.15) is 25.7 Å². The maximum Gasteiger partial charge on any atom is 0.303 e. The number of rotatable bonds is 6. The Morgan fingerprint density at radius 2 is 0.938 bits per heavy atom. The molecule has 0 radical (unpaired) electrons. The van der Waals surface area contributed by atoms with Crippen LogP contribution in [0.4, 0.5) is 0 Å². The van der Waals surface area contributed by atoms with Gasteiger partial charge in [0.25, 0.3) is 0 Å². The number of carbonyl (C=O) groups is 4. The third-order valence-electron chi connectivity index (χ3n) is 1.17. The number of carbonyl (C=O) groups excluding carboxylic acids is 2. The molecule has 92 valence electrons. The minimum absolute atomic E-state index is 0.0509. The molecule has 0 fully saturated rings. The number of carboxylic acids is 2. The van der Waals surface area contributed by atoms with Crippen molar-refractivity contribution in [3.63, 3.8) is 0 Å². The second-order valence-corrected chi connectivity index (χ2v) is 2.72. The Bertz CT molecular complexity index is 220. The number of carboxylic acid groups (broad SMARTS) is 2. The van der Waals surface area contributed by atoms with Gasteiger partial charge in [0, 0.05) is 12.8 Å². The number of primary amides is 2. The van der Waals surface area contributed by atoms with Crippen molar-refractivity contribution in [3.8, 4) is 0 Å². The third kappa shape index (κ3) is 22.6. The normalized spacial score (nSPS) is 8.50. The van der Waals surface area contributed by atoms with E-state index in [1.165, 1.54) is 0 Å². The second-order valence-electron chi connectivity index (χ2n) is 2.72. The van der Waals surface area contributed by atoms with Crippen LogP contribution in [0.5, 0.6) is 0 Å². The van der Waals surface area contributed by atoms with Gasteiger partial charge in [-0.2, -0.15) is 0 Å². The highest BCUT2D eigenvalue weighted by Gasteiger charge is 2.00. The van der Waals surface area contributed by atoms with Gasteiger partial charge < -0.3 is 21.7 Å². The zero-order valence-electron chi connectivity index (χ0n) is 8.51. The van der Waals surface area contributed by atoms with E-state index in [4.69, 9.17) is 21.7 Å². The molecule has 8 nitrogen and oxygen atoms in total. The average Bonchev–Trinajstić information content (AvgIpc) is 2.12. The Labute approximate surface area is 91.2 Å². The molecule has 0 aromatic rings. The van der Waals surface area contributed by atoms with Crippen molar-refractivity contribution in [3.05, 3.63) is 0 Å². The minimum Gasteiger partial charge on any atom is -0.481 e. The first-order valence-electron chi connectivity index (χ1n) is 4.26. The predicted octanol–water partition coefficient (Wildman–Crippen LogP) is -1.33. The fourth-order valence-electron chi connectivity index (χ4n) is 0.460. The number of amides is 2. The fraction of sp³-hybridized carbons (Fsp3) is 0.500. The standard InChI is InChI=1S/C4H8N2O2.C4H6O4/c5-3(7)1-2-4(6)8;5-3(6)1-2-4(7)8/h1-2H2,(H2,5,7)(H2,6,8);1-2H2,(H,5,6)(H,7,8). The molecule has 0 saturated heterocycles. The summed E-state index contributed by atoms with van der Waals surface area (Å²) >= 11 is 0. The van der Waals surface area contributed by atoms with Crippen molar-refractivity contribution < 1.29 is 29.4 Å². The van der Waals surface area contributed by atoms with E-state index >= 15 is 0 Å². The number of aliphatic carboxylic acids is 2. The van der Waals surface area contributed by atoms with Crippen molar-refractivity contribution in [2.75, 3.05) is 0 Å². The largest absolute Gasteiger partial charge is 0.481 e. The molecule has 0 aliphatic heterocycles. The van der Waals surface area contributed by atoms with E-state index in [-0.39, 0.29) is 25.7 Å². The molecule has 0 spiro atoms. The van der Waals surface area contributed by atoms with Crippen LogP contribution in [0.3, 0.4) is 0 Å². The van der Waals surface area contributed by atoms with Gasteiger partial charge in [-0.1, -0.05) is 0 Å². The molecule has 0 unspecified atom stereocenters. The van der Waals surface area contributed by atoms with Gasteiger partial charge in [-0.05, 0) is 0 Å². The molecule has 0 aliphatic rings.